The Morgan fingerprint density at radius 2 is 2.47 bits per heavy atom. The van der Waals surface area contributed by atoms with Crippen molar-refractivity contribution < 1.29 is 4.74 Å². The molecule has 1 atom stereocenters. The van der Waals surface area contributed by atoms with Crippen LogP contribution in [0.15, 0.2) is 12.4 Å². The van der Waals surface area contributed by atoms with E-state index >= 15 is 0 Å². The molecule has 82 valence electrons. The van der Waals surface area contributed by atoms with Crippen molar-refractivity contribution in [2.45, 2.75) is 6.42 Å². The zero-order valence-corrected chi connectivity index (χ0v) is 9.44. The Hall–Kier alpha value is -0.870. The van der Waals surface area contributed by atoms with Gasteiger partial charge in [0.15, 0.2) is 0 Å². The van der Waals surface area contributed by atoms with Crippen molar-refractivity contribution in [1.29, 1.82) is 0 Å². The molecule has 1 saturated heterocycles. The Labute approximate surface area is 94.2 Å². The second kappa shape index (κ2) is 4.77. The van der Waals surface area contributed by atoms with Crippen LogP contribution in [0.3, 0.4) is 0 Å². The fraction of sp³-hybridized carbons (Fsp3) is 0.600. The summed E-state index contributed by atoms with van der Waals surface area (Å²) in [6.07, 6.45) is 2.65. The lowest BCUT2D eigenvalue weighted by Crippen LogP contribution is -2.21. The summed E-state index contributed by atoms with van der Waals surface area (Å²) in [4.78, 5) is 10.3. The first-order valence-electron chi connectivity index (χ1n) is 5.01. The van der Waals surface area contributed by atoms with E-state index < -0.39 is 0 Å². The maximum absolute atomic E-state index is 5.82. The summed E-state index contributed by atoms with van der Waals surface area (Å²) < 4.78 is 5.15. The molecule has 0 aromatic carbocycles. The molecule has 0 aliphatic carbocycles. The van der Waals surface area contributed by atoms with Crippen molar-refractivity contribution in [2.24, 2.45) is 5.92 Å². The first-order chi connectivity index (χ1) is 7.29. The topological polar surface area (TPSA) is 38.2 Å². The van der Waals surface area contributed by atoms with Crippen molar-refractivity contribution in [3.8, 4) is 0 Å². The molecule has 1 aromatic heterocycles. The zero-order valence-electron chi connectivity index (χ0n) is 8.69. The average molecular weight is 228 g/mol. The highest BCUT2D eigenvalue weighted by atomic mass is 35.5. The summed E-state index contributed by atoms with van der Waals surface area (Å²) in [5.41, 5.74) is 0. The largest absolute Gasteiger partial charge is 0.384 e. The molecule has 0 bridgehead atoms. The third-order valence-electron chi connectivity index (χ3n) is 2.63. The minimum atomic E-state index is 0.496. The van der Waals surface area contributed by atoms with Gasteiger partial charge >= 0.3 is 0 Å². The van der Waals surface area contributed by atoms with E-state index in [4.69, 9.17) is 16.3 Å². The Morgan fingerprint density at radius 1 is 1.60 bits per heavy atom. The van der Waals surface area contributed by atoms with Crippen LogP contribution in [0, 0.1) is 5.92 Å². The number of hydrogen-bond donors (Lipinski definition) is 0. The standard InChI is InChI=1S/C10H14ClN3O/c1-15-6-8-2-3-14(5-8)10-4-9(11)12-7-13-10/h4,7-8H,2-3,5-6H2,1H3. The van der Waals surface area contributed by atoms with Crippen LogP contribution in [0.25, 0.3) is 0 Å². The highest BCUT2D eigenvalue weighted by Crippen LogP contribution is 2.23. The molecule has 1 fully saturated rings. The molecule has 2 heterocycles. The molecule has 0 radical (unpaired) electrons. The molecule has 1 aliphatic heterocycles. The van der Waals surface area contributed by atoms with Gasteiger partial charge in [0.05, 0.1) is 6.61 Å². The number of halogens is 1. The molecule has 1 aromatic rings. The highest BCUT2D eigenvalue weighted by molar-refractivity contribution is 6.29. The normalized spacial score (nSPS) is 20.9. The predicted molar refractivity (Wildman–Crippen MR) is 59.2 cm³/mol. The van der Waals surface area contributed by atoms with Gasteiger partial charge in [-0.1, -0.05) is 11.6 Å². The maximum Gasteiger partial charge on any atom is 0.134 e. The Morgan fingerprint density at radius 3 is 3.20 bits per heavy atom. The second-order valence-corrected chi connectivity index (χ2v) is 4.14. The van der Waals surface area contributed by atoms with Crippen molar-refractivity contribution in [2.75, 3.05) is 31.7 Å². The number of methoxy groups -OCH3 is 1. The number of hydrogen-bond acceptors (Lipinski definition) is 4. The van der Waals surface area contributed by atoms with Gasteiger partial charge in [-0.25, -0.2) is 9.97 Å². The second-order valence-electron chi connectivity index (χ2n) is 3.75. The summed E-state index contributed by atoms with van der Waals surface area (Å²) in [7, 11) is 1.74. The summed E-state index contributed by atoms with van der Waals surface area (Å²) >= 11 is 5.82. The monoisotopic (exact) mass is 227 g/mol. The lowest BCUT2D eigenvalue weighted by molar-refractivity contribution is 0.161. The minimum Gasteiger partial charge on any atom is -0.384 e. The highest BCUT2D eigenvalue weighted by Gasteiger charge is 2.23. The van der Waals surface area contributed by atoms with Crippen molar-refractivity contribution in [3.05, 3.63) is 17.5 Å². The van der Waals surface area contributed by atoms with Crippen molar-refractivity contribution >= 4 is 17.4 Å². The Bertz CT molecular complexity index is 334. The van der Waals surface area contributed by atoms with Crippen LogP contribution in [0.2, 0.25) is 5.15 Å². The smallest absolute Gasteiger partial charge is 0.134 e. The summed E-state index contributed by atoms with van der Waals surface area (Å²) in [5, 5.41) is 0.496. The van der Waals surface area contributed by atoms with E-state index in [1.165, 1.54) is 6.33 Å². The van der Waals surface area contributed by atoms with E-state index in [1.807, 2.05) is 0 Å². The molecule has 0 amide bonds. The minimum absolute atomic E-state index is 0.496. The Balaban J connectivity index is 2.01. The van der Waals surface area contributed by atoms with Crippen LogP contribution in [0.5, 0.6) is 0 Å². The molecular formula is C10H14ClN3O. The molecular weight excluding hydrogens is 214 g/mol. The predicted octanol–water partition coefficient (Wildman–Crippen LogP) is 1.60. The molecule has 1 unspecified atom stereocenters. The van der Waals surface area contributed by atoms with Crippen molar-refractivity contribution in [3.63, 3.8) is 0 Å². The third kappa shape index (κ3) is 2.58. The molecule has 15 heavy (non-hydrogen) atoms. The van der Waals surface area contributed by atoms with Gasteiger partial charge in [-0.2, -0.15) is 0 Å². The first-order valence-corrected chi connectivity index (χ1v) is 5.39. The van der Waals surface area contributed by atoms with E-state index in [0.29, 0.717) is 11.1 Å². The van der Waals surface area contributed by atoms with Gasteiger partial charge in [-0.3, -0.25) is 0 Å². The summed E-state index contributed by atoms with van der Waals surface area (Å²) in [5.74, 6) is 1.51. The number of rotatable bonds is 3. The quantitative estimate of drug-likeness (QED) is 0.736. The maximum atomic E-state index is 5.82. The molecule has 0 N–H and O–H groups in total. The lowest BCUT2D eigenvalue weighted by atomic mass is 10.1. The molecule has 4 nitrogen and oxygen atoms in total. The number of anilines is 1. The van der Waals surface area contributed by atoms with Crippen LogP contribution >= 0.6 is 11.6 Å². The number of nitrogens with zero attached hydrogens (tertiary/aromatic N) is 3. The van der Waals surface area contributed by atoms with Gasteiger partial charge in [0.25, 0.3) is 0 Å². The number of aromatic nitrogens is 2. The molecule has 0 saturated carbocycles. The fourth-order valence-electron chi connectivity index (χ4n) is 1.91. The van der Waals surface area contributed by atoms with Crippen LogP contribution in [-0.4, -0.2) is 36.8 Å². The van der Waals surface area contributed by atoms with Crippen LogP contribution in [0.4, 0.5) is 5.82 Å². The fourth-order valence-corrected chi connectivity index (χ4v) is 2.05. The summed E-state index contributed by atoms with van der Waals surface area (Å²) in [6, 6.07) is 1.80. The lowest BCUT2D eigenvalue weighted by Gasteiger charge is -2.16. The van der Waals surface area contributed by atoms with E-state index in [-0.39, 0.29) is 0 Å². The summed E-state index contributed by atoms with van der Waals surface area (Å²) in [6.45, 7) is 2.82. The average Bonchev–Trinajstić information content (AvgIpc) is 2.67. The molecule has 2 rings (SSSR count). The SMILES string of the molecule is COCC1CCN(c2cc(Cl)ncn2)C1. The molecule has 1 aliphatic rings. The van der Waals surface area contributed by atoms with Gasteiger partial charge in [0.2, 0.25) is 0 Å². The van der Waals surface area contributed by atoms with E-state index in [0.717, 1.165) is 31.9 Å². The van der Waals surface area contributed by atoms with Gasteiger partial charge in [0.1, 0.15) is 17.3 Å². The van der Waals surface area contributed by atoms with Crippen molar-refractivity contribution in [1.82, 2.24) is 9.97 Å². The molecule has 5 heteroatoms. The van der Waals surface area contributed by atoms with Crippen LogP contribution < -0.4 is 4.90 Å². The van der Waals surface area contributed by atoms with E-state index in [9.17, 15) is 0 Å². The Kier molecular flexibility index (Phi) is 3.38. The van der Waals surface area contributed by atoms with E-state index in [2.05, 4.69) is 14.9 Å². The first kappa shape index (κ1) is 10.6. The van der Waals surface area contributed by atoms with E-state index in [1.54, 1.807) is 13.2 Å². The molecule has 0 spiro atoms. The zero-order chi connectivity index (χ0) is 10.7. The number of ether oxygens (including phenoxy) is 1. The van der Waals surface area contributed by atoms with Crippen LogP contribution in [0.1, 0.15) is 6.42 Å². The third-order valence-corrected chi connectivity index (χ3v) is 2.84. The van der Waals surface area contributed by atoms with Gasteiger partial charge in [-0.15, -0.1) is 0 Å². The van der Waals surface area contributed by atoms with Gasteiger partial charge in [-0.05, 0) is 6.42 Å². The van der Waals surface area contributed by atoms with Gasteiger partial charge < -0.3 is 9.64 Å². The van der Waals surface area contributed by atoms with Crippen LogP contribution in [-0.2, 0) is 4.74 Å². The van der Waals surface area contributed by atoms with Gasteiger partial charge in [0, 0.05) is 32.2 Å².